The predicted molar refractivity (Wildman–Crippen MR) is 181 cm³/mol. The second-order valence-electron chi connectivity index (χ2n) is 10.1. The molecule has 0 aliphatic rings. The lowest BCUT2D eigenvalue weighted by Crippen LogP contribution is -2.20. The quantitative estimate of drug-likeness (QED) is 0.103. The standard InChI is InChI=1S/C36H30BrN3O5/c1-4-9-25-18-24(19-32(43-5-2)34(25)44-22-23-14-16-26(37)17-15-23)21-38-40-35(39-29-11-7-6-10-27(29)36(40)41)33-20-28-30(42-3)12-8-13-31(28)45-33/h4,6-8,10-21H,1,5,9,22H2,2-3H3. The first-order valence-electron chi connectivity index (χ1n) is 14.4. The van der Waals surface area contributed by atoms with Crippen molar-refractivity contribution in [3.8, 4) is 28.8 Å². The molecule has 9 heteroatoms. The van der Waals surface area contributed by atoms with Crippen LogP contribution < -0.4 is 19.8 Å². The van der Waals surface area contributed by atoms with E-state index in [4.69, 9.17) is 23.6 Å². The Kier molecular flexibility index (Phi) is 8.79. The number of hydrogen-bond donors (Lipinski definition) is 0. The summed E-state index contributed by atoms with van der Waals surface area (Å²) in [5.41, 5.74) is 3.43. The molecule has 0 aliphatic heterocycles. The number of methoxy groups -OCH3 is 1. The summed E-state index contributed by atoms with van der Waals surface area (Å²) in [6.07, 6.45) is 3.96. The minimum atomic E-state index is -0.329. The largest absolute Gasteiger partial charge is 0.496 e. The molecule has 6 aromatic rings. The summed E-state index contributed by atoms with van der Waals surface area (Å²) >= 11 is 3.47. The van der Waals surface area contributed by atoms with E-state index in [2.05, 4.69) is 27.6 Å². The third-order valence-corrected chi connectivity index (χ3v) is 7.68. The van der Waals surface area contributed by atoms with Crippen molar-refractivity contribution in [1.82, 2.24) is 9.66 Å². The average molecular weight is 665 g/mol. The van der Waals surface area contributed by atoms with Gasteiger partial charge in [-0.25, -0.2) is 4.98 Å². The molecule has 226 valence electrons. The fourth-order valence-electron chi connectivity index (χ4n) is 5.06. The van der Waals surface area contributed by atoms with Gasteiger partial charge in [-0.2, -0.15) is 9.78 Å². The zero-order valence-electron chi connectivity index (χ0n) is 24.8. The molecule has 4 aromatic carbocycles. The van der Waals surface area contributed by atoms with E-state index in [1.54, 1.807) is 31.5 Å². The van der Waals surface area contributed by atoms with Crippen molar-refractivity contribution in [3.63, 3.8) is 0 Å². The summed E-state index contributed by atoms with van der Waals surface area (Å²) in [5.74, 6) is 2.51. The van der Waals surface area contributed by atoms with Crippen LogP contribution in [-0.4, -0.2) is 29.6 Å². The van der Waals surface area contributed by atoms with Crippen LogP contribution >= 0.6 is 15.9 Å². The van der Waals surface area contributed by atoms with Gasteiger partial charge in [0, 0.05) is 10.0 Å². The number of halogens is 1. The van der Waals surface area contributed by atoms with Gasteiger partial charge >= 0.3 is 0 Å². The molecular formula is C36H30BrN3O5. The van der Waals surface area contributed by atoms with Crippen molar-refractivity contribution in [2.24, 2.45) is 5.10 Å². The van der Waals surface area contributed by atoms with Gasteiger partial charge in [-0.05, 0) is 79.1 Å². The highest BCUT2D eigenvalue weighted by Gasteiger charge is 2.18. The monoisotopic (exact) mass is 663 g/mol. The van der Waals surface area contributed by atoms with Gasteiger partial charge in [0.15, 0.2) is 17.3 Å². The van der Waals surface area contributed by atoms with Gasteiger partial charge in [-0.3, -0.25) is 4.79 Å². The van der Waals surface area contributed by atoms with Crippen LogP contribution in [0.4, 0.5) is 0 Å². The number of allylic oxidation sites excluding steroid dienone is 1. The predicted octanol–water partition coefficient (Wildman–Crippen LogP) is 8.17. The minimum Gasteiger partial charge on any atom is -0.496 e. The molecule has 0 amide bonds. The van der Waals surface area contributed by atoms with Crippen molar-refractivity contribution in [3.05, 3.63) is 129 Å². The number of furan rings is 1. The Labute approximate surface area is 268 Å². The number of nitrogens with zero attached hydrogens (tertiary/aromatic N) is 3. The van der Waals surface area contributed by atoms with Crippen LogP contribution in [0, 0.1) is 0 Å². The summed E-state index contributed by atoms with van der Waals surface area (Å²) < 4.78 is 26.2. The van der Waals surface area contributed by atoms with Crippen molar-refractivity contribution in [2.45, 2.75) is 20.0 Å². The summed E-state index contributed by atoms with van der Waals surface area (Å²) in [4.78, 5) is 18.6. The summed E-state index contributed by atoms with van der Waals surface area (Å²) in [5, 5.41) is 5.85. The van der Waals surface area contributed by atoms with Gasteiger partial charge in [-0.15, -0.1) is 6.58 Å². The van der Waals surface area contributed by atoms with Crippen LogP contribution in [0.25, 0.3) is 33.5 Å². The second-order valence-corrected chi connectivity index (χ2v) is 11.1. The van der Waals surface area contributed by atoms with Gasteiger partial charge in [0.2, 0.25) is 5.82 Å². The average Bonchev–Trinajstić information content (AvgIpc) is 3.50. The number of benzene rings is 4. The van der Waals surface area contributed by atoms with Crippen LogP contribution in [0.15, 0.2) is 116 Å². The molecule has 2 aromatic heterocycles. The maximum atomic E-state index is 13.8. The van der Waals surface area contributed by atoms with Gasteiger partial charge in [0.25, 0.3) is 5.56 Å². The topological polar surface area (TPSA) is 88.1 Å². The van der Waals surface area contributed by atoms with E-state index in [0.29, 0.717) is 64.7 Å². The van der Waals surface area contributed by atoms with Crippen LogP contribution in [0.2, 0.25) is 0 Å². The third kappa shape index (κ3) is 6.25. The first-order chi connectivity index (χ1) is 22.0. The molecule has 0 aliphatic carbocycles. The van der Waals surface area contributed by atoms with E-state index in [1.807, 2.05) is 79.7 Å². The molecule has 0 saturated carbocycles. The molecule has 0 unspecified atom stereocenters. The maximum absolute atomic E-state index is 13.8. The molecule has 0 spiro atoms. The first kappa shape index (κ1) is 29.9. The van der Waals surface area contributed by atoms with E-state index in [1.165, 1.54) is 4.68 Å². The Morgan fingerprint density at radius 1 is 0.978 bits per heavy atom. The zero-order valence-corrected chi connectivity index (χ0v) is 26.4. The molecule has 8 nitrogen and oxygen atoms in total. The number of fused-ring (bicyclic) bond motifs is 2. The molecule has 0 atom stereocenters. The normalized spacial score (nSPS) is 11.4. The van der Waals surface area contributed by atoms with E-state index in [-0.39, 0.29) is 11.4 Å². The molecule has 2 heterocycles. The fraction of sp³-hybridized carbons (Fsp3) is 0.139. The molecule has 0 N–H and O–H groups in total. The Hall–Kier alpha value is -5.15. The third-order valence-electron chi connectivity index (χ3n) is 7.15. The van der Waals surface area contributed by atoms with Gasteiger partial charge in [0.1, 0.15) is 17.9 Å². The van der Waals surface area contributed by atoms with E-state index >= 15 is 0 Å². The number of para-hydroxylation sites is 1. The Bertz CT molecular complexity index is 2100. The Morgan fingerprint density at radius 3 is 2.58 bits per heavy atom. The van der Waals surface area contributed by atoms with E-state index < -0.39 is 0 Å². The maximum Gasteiger partial charge on any atom is 0.282 e. The summed E-state index contributed by atoms with van der Waals surface area (Å²) in [6, 6.07) is 26.3. The molecule has 45 heavy (non-hydrogen) atoms. The van der Waals surface area contributed by atoms with Crippen molar-refractivity contribution in [2.75, 3.05) is 13.7 Å². The molecule has 0 radical (unpaired) electrons. The number of hydrogen-bond acceptors (Lipinski definition) is 7. The van der Waals surface area contributed by atoms with Crippen molar-refractivity contribution in [1.29, 1.82) is 0 Å². The van der Waals surface area contributed by atoms with Crippen LogP contribution in [0.1, 0.15) is 23.6 Å². The van der Waals surface area contributed by atoms with Gasteiger partial charge in [-0.1, -0.05) is 52.3 Å². The number of rotatable bonds is 11. The van der Waals surface area contributed by atoms with Crippen LogP contribution in [0.5, 0.6) is 17.2 Å². The molecule has 6 rings (SSSR count). The Morgan fingerprint density at radius 2 is 1.80 bits per heavy atom. The second kappa shape index (κ2) is 13.2. The molecular weight excluding hydrogens is 634 g/mol. The molecule has 0 bridgehead atoms. The van der Waals surface area contributed by atoms with Gasteiger partial charge in [0.05, 0.1) is 36.2 Å². The highest BCUT2D eigenvalue weighted by Crippen LogP contribution is 2.35. The fourth-order valence-corrected chi connectivity index (χ4v) is 5.33. The zero-order chi connectivity index (χ0) is 31.3. The minimum absolute atomic E-state index is 0.263. The first-order valence-corrected chi connectivity index (χ1v) is 15.2. The highest BCUT2D eigenvalue weighted by molar-refractivity contribution is 9.10. The summed E-state index contributed by atoms with van der Waals surface area (Å²) in [7, 11) is 1.60. The lowest BCUT2D eigenvalue weighted by Gasteiger charge is -2.17. The molecule has 0 saturated heterocycles. The lowest BCUT2D eigenvalue weighted by molar-refractivity contribution is 0.267. The van der Waals surface area contributed by atoms with Crippen LogP contribution in [-0.2, 0) is 13.0 Å². The van der Waals surface area contributed by atoms with Crippen molar-refractivity contribution >= 4 is 44.0 Å². The van der Waals surface area contributed by atoms with Gasteiger partial charge < -0.3 is 18.6 Å². The van der Waals surface area contributed by atoms with Crippen molar-refractivity contribution < 1.29 is 18.6 Å². The number of ether oxygens (including phenoxy) is 3. The SMILES string of the molecule is C=CCc1cc(C=Nn2c(-c3cc4c(OC)cccc4o3)nc3ccccc3c2=O)cc(OCC)c1OCc1ccc(Br)cc1. The molecule has 0 fully saturated rings. The summed E-state index contributed by atoms with van der Waals surface area (Å²) in [6.45, 7) is 6.66. The smallest absolute Gasteiger partial charge is 0.282 e. The van der Waals surface area contributed by atoms with Crippen LogP contribution in [0.3, 0.4) is 0 Å². The Balaban J connectivity index is 1.44. The highest BCUT2D eigenvalue weighted by atomic mass is 79.9. The van der Waals surface area contributed by atoms with E-state index in [0.717, 1.165) is 21.0 Å². The van der Waals surface area contributed by atoms with E-state index in [9.17, 15) is 4.79 Å². The lowest BCUT2D eigenvalue weighted by atomic mass is 10.1. The number of aromatic nitrogens is 2.